The van der Waals surface area contributed by atoms with Crippen molar-refractivity contribution >= 4 is 29.1 Å². The van der Waals surface area contributed by atoms with E-state index < -0.39 is 47.9 Å². The summed E-state index contributed by atoms with van der Waals surface area (Å²) in [6, 6.07) is 2.85. The quantitative estimate of drug-likeness (QED) is 0.482. The van der Waals surface area contributed by atoms with E-state index in [1.165, 1.54) is 32.4 Å². The number of nitrogens with one attached hydrogen (secondary N) is 2. The topological polar surface area (TPSA) is 132 Å². The highest BCUT2D eigenvalue weighted by Gasteiger charge is 2.45. The Balaban J connectivity index is 1.65. The molecule has 1 aliphatic heterocycles. The van der Waals surface area contributed by atoms with E-state index >= 15 is 0 Å². The van der Waals surface area contributed by atoms with Gasteiger partial charge in [-0.3, -0.25) is 19.1 Å². The molecule has 186 valence electrons. The Bertz CT molecular complexity index is 1170. The monoisotopic (exact) mass is 519 g/mol. The number of benzene rings is 1. The average molecular weight is 520 g/mol. The highest BCUT2D eigenvalue weighted by molar-refractivity contribution is 6.36. The van der Waals surface area contributed by atoms with Gasteiger partial charge in [0, 0.05) is 24.4 Å². The van der Waals surface area contributed by atoms with Crippen molar-refractivity contribution in [3.63, 3.8) is 0 Å². The number of carbonyl (C=O) groups is 1. The maximum absolute atomic E-state index is 14.8. The van der Waals surface area contributed by atoms with Crippen molar-refractivity contribution in [2.24, 2.45) is 0 Å². The maximum atomic E-state index is 14.8. The van der Waals surface area contributed by atoms with E-state index in [2.05, 4.69) is 10.3 Å². The van der Waals surface area contributed by atoms with Crippen LogP contribution in [0.2, 0.25) is 10.0 Å². The molecule has 0 aliphatic carbocycles. The van der Waals surface area contributed by atoms with E-state index in [0.29, 0.717) is 12.2 Å². The summed E-state index contributed by atoms with van der Waals surface area (Å²) in [5.74, 6) is -0.121. The fraction of sp³-hybridized carbons (Fsp3) is 0.476. The molecule has 13 heteroatoms. The second-order valence-corrected chi connectivity index (χ2v) is 8.41. The number of carbonyl (C=O) groups excluding carboxylic acids is 1. The molecule has 0 saturated carbocycles. The molecule has 3 N–H and O–H groups in total. The number of amides is 1. The predicted octanol–water partition coefficient (Wildman–Crippen LogP) is 1.59. The van der Waals surface area contributed by atoms with Gasteiger partial charge in [-0.15, -0.1) is 0 Å². The van der Waals surface area contributed by atoms with Gasteiger partial charge in [0.2, 0.25) is 0 Å². The lowest BCUT2D eigenvalue weighted by Crippen LogP contribution is -2.43. The maximum Gasteiger partial charge on any atom is 0.330 e. The van der Waals surface area contributed by atoms with Gasteiger partial charge >= 0.3 is 5.69 Å². The highest BCUT2D eigenvalue weighted by Crippen LogP contribution is 2.36. The first kappa shape index (κ1) is 26.0. The zero-order valence-corrected chi connectivity index (χ0v) is 20.0. The van der Waals surface area contributed by atoms with Crippen molar-refractivity contribution in [2.45, 2.75) is 51.0 Å². The number of aliphatic hydroxyl groups is 1. The molecule has 2 heterocycles. The summed E-state index contributed by atoms with van der Waals surface area (Å²) in [6.07, 6.45) is -5.73. The van der Waals surface area contributed by atoms with Crippen LogP contribution in [0.5, 0.6) is 11.5 Å². The van der Waals surface area contributed by atoms with Gasteiger partial charge in [-0.25, -0.2) is 9.18 Å². The molecule has 0 radical (unpaired) electrons. The number of rotatable bonds is 8. The van der Waals surface area contributed by atoms with Crippen molar-refractivity contribution in [1.82, 2.24) is 14.9 Å². The molecule has 1 saturated heterocycles. The number of aromatic amines is 1. The zero-order valence-electron chi connectivity index (χ0n) is 18.5. The molecule has 3 rings (SSSR count). The summed E-state index contributed by atoms with van der Waals surface area (Å²) < 4.78 is 31.8. The second kappa shape index (κ2) is 10.8. The number of alkyl halides is 1. The lowest BCUT2D eigenvalue weighted by atomic mass is 10.1. The fourth-order valence-corrected chi connectivity index (χ4v) is 3.92. The first-order chi connectivity index (χ1) is 16.1. The van der Waals surface area contributed by atoms with Gasteiger partial charge in [-0.05, 0) is 19.4 Å². The van der Waals surface area contributed by atoms with Crippen molar-refractivity contribution in [1.29, 1.82) is 0 Å². The molecule has 34 heavy (non-hydrogen) atoms. The van der Waals surface area contributed by atoms with Gasteiger partial charge in [-0.1, -0.05) is 30.1 Å². The van der Waals surface area contributed by atoms with Gasteiger partial charge < -0.3 is 24.6 Å². The molecule has 2 aromatic rings. The van der Waals surface area contributed by atoms with Gasteiger partial charge in [0.1, 0.15) is 23.7 Å². The first-order valence-corrected chi connectivity index (χ1v) is 11.1. The van der Waals surface area contributed by atoms with Crippen LogP contribution in [-0.4, -0.2) is 58.7 Å². The Morgan fingerprint density at radius 1 is 1.32 bits per heavy atom. The molecule has 1 fully saturated rings. The number of halogens is 3. The van der Waals surface area contributed by atoms with Crippen molar-refractivity contribution in [2.75, 3.05) is 13.7 Å². The first-order valence-electron chi connectivity index (χ1n) is 10.4. The van der Waals surface area contributed by atoms with E-state index in [-0.39, 0.29) is 27.9 Å². The molecule has 1 amide bonds. The molecule has 0 spiro atoms. The summed E-state index contributed by atoms with van der Waals surface area (Å²) in [6.45, 7) is 2.90. The molecule has 1 aromatic heterocycles. The van der Waals surface area contributed by atoms with Crippen LogP contribution in [-0.2, 0) is 16.0 Å². The molecule has 0 bridgehead atoms. The number of aromatic nitrogens is 2. The minimum absolute atomic E-state index is 0.163. The Kier molecular flexibility index (Phi) is 8.24. The third kappa shape index (κ3) is 5.38. The lowest BCUT2D eigenvalue weighted by Gasteiger charge is -2.19. The second-order valence-electron chi connectivity index (χ2n) is 7.60. The summed E-state index contributed by atoms with van der Waals surface area (Å²) >= 11 is 12.1. The van der Waals surface area contributed by atoms with E-state index in [9.17, 15) is 23.9 Å². The van der Waals surface area contributed by atoms with Crippen LogP contribution >= 0.6 is 23.2 Å². The van der Waals surface area contributed by atoms with Gasteiger partial charge in [0.05, 0.1) is 17.2 Å². The van der Waals surface area contributed by atoms with Crippen molar-refractivity contribution in [3.8, 4) is 11.5 Å². The van der Waals surface area contributed by atoms with E-state index in [0.717, 1.165) is 4.57 Å². The Morgan fingerprint density at radius 2 is 2.00 bits per heavy atom. The molecule has 1 aromatic carbocycles. The molecule has 1 aliphatic rings. The van der Waals surface area contributed by atoms with Crippen LogP contribution in [0, 0.1) is 0 Å². The third-order valence-corrected chi connectivity index (χ3v) is 5.94. The minimum atomic E-state index is -1.97. The Morgan fingerprint density at radius 3 is 2.65 bits per heavy atom. The number of aryl methyl sites for hydroxylation is 1. The Labute approximate surface area is 203 Å². The van der Waals surface area contributed by atoms with E-state index in [4.69, 9.17) is 37.4 Å². The number of hydrogen-bond donors (Lipinski definition) is 3. The number of hydrogen-bond acceptors (Lipinski definition) is 7. The van der Waals surface area contributed by atoms with Crippen LogP contribution in [0.4, 0.5) is 4.39 Å². The summed E-state index contributed by atoms with van der Waals surface area (Å²) in [5, 5.41) is 13.2. The van der Waals surface area contributed by atoms with Crippen LogP contribution < -0.4 is 26.0 Å². The number of aliphatic hydroxyl groups excluding tert-OH is 1. The predicted molar refractivity (Wildman–Crippen MR) is 122 cm³/mol. The number of nitrogens with zero attached hydrogens (tertiary/aromatic N) is 1. The highest BCUT2D eigenvalue weighted by atomic mass is 35.5. The fourth-order valence-electron chi connectivity index (χ4n) is 3.41. The number of methoxy groups -OCH3 is 1. The lowest BCUT2D eigenvalue weighted by molar-refractivity contribution is -0.128. The molecule has 10 nitrogen and oxygen atoms in total. The van der Waals surface area contributed by atoms with Gasteiger partial charge in [0.25, 0.3) is 11.5 Å². The Hall–Kier alpha value is -2.60. The standard InChI is InChI=1S/C21H24Cl2FN3O7/c1-4-10-8-27(21(31)26-19(10)30)20-16(24)17(28)15(34-20)7-25-18(29)9(2)33-14-6-13(32-3)11(22)5-12(14)23/h5-6,8-9,15-17,20,28H,4,7H2,1-3H3,(H,25,29)(H,26,30,31)/t9-,15+,16+,17+,20+/m0/s1. The smallest absolute Gasteiger partial charge is 0.330 e. The molecular formula is C21H24Cl2FN3O7. The van der Waals surface area contributed by atoms with Crippen LogP contribution in [0.3, 0.4) is 0 Å². The average Bonchev–Trinajstić information content (AvgIpc) is 3.07. The van der Waals surface area contributed by atoms with Crippen LogP contribution in [0.25, 0.3) is 0 Å². The molecular weight excluding hydrogens is 496 g/mol. The minimum Gasteiger partial charge on any atom is -0.495 e. The van der Waals surface area contributed by atoms with Crippen molar-refractivity contribution in [3.05, 3.63) is 54.8 Å². The van der Waals surface area contributed by atoms with E-state index in [1.54, 1.807) is 6.92 Å². The summed E-state index contributed by atoms with van der Waals surface area (Å²) in [4.78, 5) is 38.5. The van der Waals surface area contributed by atoms with Gasteiger partial charge in [-0.2, -0.15) is 0 Å². The van der Waals surface area contributed by atoms with Crippen LogP contribution in [0.15, 0.2) is 27.9 Å². The zero-order chi connectivity index (χ0) is 25.2. The summed E-state index contributed by atoms with van der Waals surface area (Å²) in [7, 11) is 1.41. The SMILES string of the molecule is CCc1cn([C@@H]2O[C@H](CNC(=O)[C@H](C)Oc3cc(OC)c(Cl)cc3Cl)[C@@H](O)[C@H]2F)c(=O)[nH]c1=O. The molecule has 0 unspecified atom stereocenters. The van der Waals surface area contributed by atoms with Gasteiger partial charge in [0.15, 0.2) is 18.5 Å². The normalized spacial score (nSPS) is 22.9. The number of H-pyrrole nitrogens is 1. The third-order valence-electron chi connectivity index (χ3n) is 5.35. The van der Waals surface area contributed by atoms with E-state index in [1.807, 2.05) is 0 Å². The van der Waals surface area contributed by atoms with Crippen molar-refractivity contribution < 1.29 is 28.5 Å². The largest absolute Gasteiger partial charge is 0.495 e. The van der Waals surface area contributed by atoms with Crippen LogP contribution in [0.1, 0.15) is 25.6 Å². The number of ether oxygens (including phenoxy) is 3. The molecule has 5 atom stereocenters. The summed E-state index contributed by atoms with van der Waals surface area (Å²) in [5.41, 5.74) is -1.19.